The third-order valence-electron chi connectivity index (χ3n) is 5.27. The third-order valence-corrected chi connectivity index (χ3v) is 5.27. The minimum atomic E-state index is -3.07. The van der Waals surface area contributed by atoms with Crippen molar-refractivity contribution in [3.63, 3.8) is 0 Å². The van der Waals surface area contributed by atoms with Gasteiger partial charge in [0, 0.05) is 45.7 Å². The van der Waals surface area contributed by atoms with Crippen LogP contribution in [0.1, 0.15) is 58.8 Å². The summed E-state index contributed by atoms with van der Waals surface area (Å²) in [6, 6.07) is 0. The van der Waals surface area contributed by atoms with E-state index < -0.39 is 18.0 Å². The molecule has 2 aliphatic rings. The fourth-order valence-corrected chi connectivity index (χ4v) is 3.96. The average molecular weight is 421 g/mol. The zero-order chi connectivity index (χ0) is 22.2. The van der Waals surface area contributed by atoms with Crippen molar-refractivity contribution >= 4 is 18.3 Å². The predicted molar refractivity (Wildman–Crippen MR) is 101 cm³/mol. The Labute approximate surface area is 170 Å². The summed E-state index contributed by atoms with van der Waals surface area (Å²) in [5.41, 5.74) is 0. The Morgan fingerprint density at radius 2 is 2.07 bits per heavy atom. The van der Waals surface area contributed by atoms with E-state index in [1.54, 1.807) is 21.0 Å². The molecular formula is C20H33F2NO6. The maximum Gasteiger partial charge on any atom is 0.306 e. The van der Waals surface area contributed by atoms with E-state index in [4.69, 9.17) is 9.47 Å². The van der Waals surface area contributed by atoms with Gasteiger partial charge < -0.3 is 19.5 Å². The Bertz CT molecular complexity index is 557. The molecule has 1 heterocycles. The van der Waals surface area contributed by atoms with Crippen molar-refractivity contribution in [1.82, 2.24) is 4.90 Å². The number of nitrogens with zero attached hydrogens (tertiary/aromatic N) is 1. The number of carbonyl (C=O) groups is 3. The molecule has 168 valence electrons. The normalized spacial score (nSPS) is 26.7. The summed E-state index contributed by atoms with van der Waals surface area (Å²) in [4.78, 5) is 33.6. The SMILES string of the molecule is CCCC(F)(F)C(O)CCC[C@@H]1[C@H]2CC(=O)O[C@H]2C[C@H]1OC(C)=O.CN(C)C=O. The quantitative estimate of drug-likeness (QED) is 0.454. The highest BCUT2D eigenvalue weighted by Gasteiger charge is 2.51. The third kappa shape index (κ3) is 7.87. The van der Waals surface area contributed by atoms with Gasteiger partial charge in [-0.25, -0.2) is 8.78 Å². The number of carbonyl (C=O) groups excluding carboxylic acids is 3. The zero-order valence-electron chi connectivity index (χ0n) is 17.6. The smallest absolute Gasteiger partial charge is 0.306 e. The fourth-order valence-electron chi connectivity index (χ4n) is 3.96. The number of amides is 1. The molecular weight excluding hydrogens is 388 g/mol. The lowest BCUT2D eigenvalue weighted by atomic mass is 9.87. The van der Waals surface area contributed by atoms with Gasteiger partial charge in [0.1, 0.15) is 18.3 Å². The molecule has 0 aromatic carbocycles. The van der Waals surface area contributed by atoms with Gasteiger partial charge in [-0.3, -0.25) is 14.4 Å². The molecule has 1 saturated carbocycles. The molecule has 0 spiro atoms. The Balaban J connectivity index is 0.000000749. The van der Waals surface area contributed by atoms with E-state index in [1.807, 2.05) is 0 Å². The van der Waals surface area contributed by atoms with Crippen LogP contribution in [0.25, 0.3) is 0 Å². The highest BCUT2D eigenvalue weighted by atomic mass is 19.3. The van der Waals surface area contributed by atoms with Gasteiger partial charge in [-0.2, -0.15) is 0 Å². The van der Waals surface area contributed by atoms with Crippen LogP contribution in [0.4, 0.5) is 8.78 Å². The molecule has 1 amide bonds. The van der Waals surface area contributed by atoms with Gasteiger partial charge in [-0.1, -0.05) is 19.8 Å². The van der Waals surface area contributed by atoms with Crippen molar-refractivity contribution in [2.75, 3.05) is 14.1 Å². The van der Waals surface area contributed by atoms with Gasteiger partial charge >= 0.3 is 11.9 Å². The molecule has 9 heteroatoms. The monoisotopic (exact) mass is 421 g/mol. The lowest BCUT2D eigenvalue weighted by Gasteiger charge is -2.25. The van der Waals surface area contributed by atoms with Crippen LogP contribution in [0.2, 0.25) is 0 Å². The first-order valence-corrected chi connectivity index (χ1v) is 10.1. The second-order valence-electron chi connectivity index (χ2n) is 7.97. The number of alkyl halides is 2. The van der Waals surface area contributed by atoms with Crippen LogP contribution >= 0.6 is 0 Å². The van der Waals surface area contributed by atoms with Gasteiger partial charge in [0.05, 0.1) is 6.42 Å². The highest BCUT2D eigenvalue weighted by Crippen LogP contribution is 2.45. The molecule has 0 aromatic heterocycles. The largest absolute Gasteiger partial charge is 0.462 e. The van der Waals surface area contributed by atoms with E-state index in [1.165, 1.54) is 11.8 Å². The predicted octanol–water partition coefficient (Wildman–Crippen LogP) is 2.54. The average Bonchev–Trinajstić information content (AvgIpc) is 3.11. The molecule has 0 bridgehead atoms. The maximum absolute atomic E-state index is 13.6. The van der Waals surface area contributed by atoms with Crippen molar-refractivity contribution in [1.29, 1.82) is 0 Å². The number of hydrogen-bond donors (Lipinski definition) is 1. The number of rotatable bonds is 9. The Hall–Kier alpha value is -1.77. The molecule has 1 aliphatic heterocycles. The van der Waals surface area contributed by atoms with E-state index in [-0.39, 0.29) is 49.3 Å². The highest BCUT2D eigenvalue weighted by molar-refractivity contribution is 5.72. The molecule has 29 heavy (non-hydrogen) atoms. The standard InChI is InChI=1S/C17H26F2O5.C3H7NO/c1-3-7-17(18,19)15(21)6-4-5-11-12-8-16(22)24-14(12)9-13(11)23-10(2)20;1-4(2)3-5/h11-15,21H,3-9H2,1-2H3;3H,1-2H3/t11-,12-,13-,14+,15?;/m1./s1. The first kappa shape index (κ1) is 25.3. The number of halogens is 2. The van der Waals surface area contributed by atoms with Gasteiger partial charge in [0.2, 0.25) is 6.41 Å². The van der Waals surface area contributed by atoms with Crippen molar-refractivity contribution in [3.05, 3.63) is 0 Å². The lowest BCUT2D eigenvalue weighted by molar-refractivity contribution is -0.150. The molecule has 0 aromatic rings. The molecule has 5 atom stereocenters. The van der Waals surface area contributed by atoms with E-state index >= 15 is 0 Å². The minimum absolute atomic E-state index is 0.0114. The lowest BCUT2D eigenvalue weighted by Crippen LogP contribution is -2.33. The Morgan fingerprint density at radius 1 is 1.45 bits per heavy atom. The second kappa shape index (κ2) is 11.4. The number of aliphatic hydroxyl groups excluding tert-OH is 1. The topological polar surface area (TPSA) is 93.1 Å². The Kier molecular flexibility index (Phi) is 9.95. The number of ether oxygens (including phenoxy) is 2. The van der Waals surface area contributed by atoms with Crippen LogP contribution < -0.4 is 0 Å². The fraction of sp³-hybridized carbons (Fsp3) is 0.850. The van der Waals surface area contributed by atoms with Crippen molar-refractivity contribution < 1.29 is 37.7 Å². The van der Waals surface area contributed by atoms with Crippen LogP contribution in [0.5, 0.6) is 0 Å². The summed E-state index contributed by atoms with van der Waals surface area (Å²) in [5, 5.41) is 9.71. The van der Waals surface area contributed by atoms with Gasteiger partial charge in [-0.05, 0) is 12.8 Å². The van der Waals surface area contributed by atoms with E-state index in [0.29, 0.717) is 25.7 Å². The van der Waals surface area contributed by atoms with Crippen LogP contribution in [-0.2, 0) is 23.9 Å². The Morgan fingerprint density at radius 3 is 2.59 bits per heavy atom. The summed E-state index contributed by atoms with van der Waals surface area (Å²) < 4.78 is 37.9. The summed E-state index contributed by atoms with van der Waals surface area (Å²) in [6.45, 7) is 2.98. The molecule has 2 rings (SSSR count). The van der Waals surface area contributed by atoms with Crippen LogP contribution in [-0.4, -0.2) is 66.7 Å². The summed E-state index contributed by atoms with van der Waals surface area (Å²) in [6.07, 6.45) is 0.111. The minimum Gasteiger partial charge on any atom is -0.462 e. The maximum atomic E-state index is 13.6. The molecule has 1 saturated heterocycles. The van der Waals surface area contributed by atoms with Crippen LogP contribution in [0.15, 0.2) is 0 Å². The number of esters is 2. The molecule has 0 radical (unpaired) electrons. The van der Waals surface area contributed by atoms with E-state index in [2.05, 4.69) is 0 Å². The zero-order valence-corrected chi connectivity index (χ0v) is 17.6. The first-order valence-electron chi connectivity index (χ1n) is 10.1. The first-order chi connectivity index (χ1) is 13.5. The summed E-state index contributed by atoms with van der Waals surface area (Å²) >= 11 is 0. The molecule has 1 N–H and O–H groups in total. The van der Waals surface area contributed by atoms with Crippen LogP contribution in [0.3, 0.4) is 0 Å². The van der Waals surface area contributed by atoms with Gasteiger partial charge in [0.25, 0.3) is 5.92 Å². The number of hydrogen-bond acceptors (Lipinski definition) is 6. The van der Waals surface area contributed by atoms with Crippen molar-refractivity contribution in [2.24, 2.45) is 11.8 Å². The summed E-state index contributed by atoms with van der Waals surface area (Å²) in [5.74, 6) is -3.85. The molecule has 7 nitrogen and oxygen atoms in total. The van der Waals surface area contributed by atoms with E-state index in [9.17, 15) is 28.3 Å². The van der Waals surface area contributed by atoms with Crippen molar-refractivity contribution in [2.45, 2.75) is 83.0 Å². The molecule has 1 unspecified atom stereocenters. The van der Waals surface area contributed by atoms with Crippen molar-refractivity contribution in [3.8, 4) is 0 Å². The second-order valence-corrected chi connectivity index (χ2v) is 7.97. The van der Waals surface area contributed by atoms with Gasteiger partial charge in [-0.15, -0.1) is 0 Å². The molecule has 1 aliphatic carbocycles. The number of fused-ring (bicyclic) bond motifs is 1. The summed E-state index contributed by atoms with van der Waals surface area (Å²) in [7, 11) is 3.38. The van der Waals surface area contributed by atoms with Gasteiger partial charge in [0.15, 0.2) is 0 Å². The number of aliphatic hydroxyl groups is 1. The van der Waals surface area contributed by atoms with Crippen LogP contribution in [0, 0.1) is 11.8 Å². The van der Waals surface area contributed by atoms with E-state index in [0.717, 1.165) is 6.41 Å². The molecule has 2 fully saturated rings.